The Hall–Kier alpha value is -2.66. The Labute approximate surface area is 109 Å². The van der Waals surface area contributed by atoms with Crippen LogP contribution in [0.15, 0.2) is 48.5 Å². The monoisotopic (exact) mass is 252 g/mol. The first-order valence-corrected chi connectivity index (χ1v) is 5.84. The Bertz CT molecular complexity index is 698. The van der Waals surface area contributed by atoms with Crippen LogP contribution in [0.4, 0.5) is 0 Å². The number of hydrogen-bond donors (Lipinski definition) is 3. The molecule has 0 aliphatic rings. The van der Waals surface area contributed by atoms with Gasteiger partial charge in [-0.05, 0) is 24.3 Å². The highest BCUT2D eigenvalue weighted by molar-refractivity contribution is 5.94. The first-order chi connectivity index (χ1) is 9.28. The molecule has 0 bridgehead atoms. The molecule has 0 radical (unpaired) electrons. The highest BCUT2D eigenvalue weighted by atomic mass is 16.2. The van der Waals surface area contributed by atoms with Crippen LogP contribution in [0.1, 0.15) is 10.4 Å². The minimum Gasteiger partial charge on any atom is -0.338 e. The second kappa shape index (κ2) is 4.55. The van der Waals surface area contributed by atoms with Crippen molar-refractivity contribution in [1.29, 1.82) is 0 Å². The van der Waals surface area contributed by atoms with Gasteiger partial charge in [-0.25, -0.2) is 10.8 Å². The largest absolute Gasteiger partial charge is 0.338 e. The Balaban J connectivity index is 1.99. The predicted octanol–water partition coefficient (Wildman–Crippen LogP) is 1.83. The number of nitrogens with zero attached hydrogens (tertiary/aromatic N) is 1. The van der Waals surface area contributed by atoms with Crippen LogP contribution in [0.25, 0.3) is 22.4 Å². The lowest BCUT2D eigenvalue weighted by atomic mass is 10.1. The van der Waals surface area contributed by atoms with Crippen LogP contribution in [0.5, 0.6) is 0 Å². The van der Waals surface area contributed by atoms with E-state index in [-0.39, 0.29) is 5.91 Å². The molecule has 0 unspecified atom stereocenters. The Morgan fingerprint density at radius 1 is 1.11 bits per heavy atom. The molecule has 0 spiro atoms. The fraction of sp³-hybridized carbons (Fsp3) is 0. The van der Waals surface area contributed by atoms with Crippen molar-refractivity contribution < 1.29 is 4.79 Å². The van der Waals surface area contributed by atoms with E-state index in [9.17, 15) is 4.79 Å². The van der Waals surface area contributed by atoms with Crippen molar-refractivity contribution in [2.24, 2.45) is 5.84 Å². The molecular weight excluding hydrogens is 240 g/mol. The fourth-order valence-electron chi connectivity index (χ4n) is 1.95. The summed E-state index contributed by atoms with van der Waals surface area (Å²) in [5.74, 6) is 5.56. The van der Waals surface area contributed by atoms with Crippen molar-refractivity contribution in [1.82, 2.24) is 15.4 Å². The number of amides is 1. The van der Waals surface area contributed by atoms with Gasteiger partial charge in [0.2, 0.25) is 0 Å². The minimum atomic E-state index is -0.309. The number of hydrogen-bond acceptors (Lipinski definition) is 3. The lowest BCUT2D eigenvalue weighted by Gasteiger charge is -2.00. The number of hydrazine groups is 1. The number of aromatic amines is 1. The predicted molar refractivity (Wildman–Crippen MR) is 73.2 cm³/mol. The lowest BCUT2D eigenvalue weighted by Crippen LogP contribution is -2.29. The molecule has 0 aliphatic carbocycles. The van der Waals surface area contributed by atoms with Crippen LogP contribution in [0.2, 0.25) is 0 Å². The summed E-state index contributed by atoms with van der Waals surface area (Å²) in [6.45, 7) is 0. The summed E-state index contributed by atoms with van der Waals surface area (Å²) in [4.78, 5) is 19.1. The van der Waals surface area contributed by atoms with E-state index >= 15 is 0 Å². The van der Waals surface area contributed by atoms with Crippen LogP contribution in [0, 0.1) is 0 Å². The summed E-state index contributed by atoms with van der Waals surface area (Å²) in [7, 11) is 0. The van der Waals surface area contributed by atoms with E-state index in [0.717, 1.165) is 22.4 Å². The number of H-pyrrole nitrogens is 1. The summed E-state index contributed by atoms with van der Waals surface area (Å²) in [5, 5.41) is 0. The zero-order chi connectivity index (χ0) is 13.2. The molecule has 0 fully saturated rings. The quantitative estimate of drug-likeness (QED) is 0.369. The van der Waals surface area contributed by atoms with Gasteiger partial charge in [-0.15, -0.1) is 0 Å². The third-order valence-corrected chi connectivity index (χ3v) is 2.94. The molecule has 1 aromatic heterocycles. The van der Waals surface area contributed by atoms with Crippen molar-refractivity contribution in [3.63, 3.8) is 0 Å². The van der Waals surface area contributed by atoms with Crippen LogP contribution < -0.4 is 11.3 Å². The number of nitrogen functional groups attached to an aromatic ring is 1. The van der Waals surface area contributed by atoms with E-state index in [1.807, 2.05) is 36.4 Å². The third kappa shape index (κ3) is 2.07. The molecule has 2 aromatic carbocycles. The Morgan fingerprint density at radius 3 is 2.53 bits per heavy atom. The topological polar surface area (TPSA) is 83.8 Å². The summed E-state index contributed by atoms with van der Waals surface area (Å²) in [6, 6.07) is 14.9. The molecule has 5 heteroatoms. The molecule has 1 heterocycles. The zero-order valence-electron chi connectivity index (χ0n) is 10.1. The van der Waals surface area contributed by atoms with Crippen molar-refractivity contribution in [2.75, 3.05) is 0 Å². The molecule has 3 rings (SSSR count). The van der Waals surface area contributed by atoms with E-state index in [4.69, 9.17) is 5.84 Å². The molecule has 0 saturated carbocycles. The molecule has 4 N–H and O–H groups in total. The number of fused-ring (bicyclic) bond motifs is 1. The molecule has 0 aliphatic heterocycles. The fourth-order valence-corrected chi connectivity index (χ4v) is 1.95. The smallest absolute Gasteiger partial charge is 0.265 e. The lowest BCUT2D eigenvalue weighted by molar-refractivity contribution is 0.0953. The summed E-state index contributed by atoms with van der Waals surface area (Å²) >= 11 is 0. The van der Waals surface area contributed by atoms with E-state index in [0.29, 0.717) is 5.56 Å². The van der Waals surface area contributed by atoms with Crippen LogP contribution in [-0.2, 0) is 0 Å². The highest BCUT2D eigenvalue weighted by Crippen LogP contribution is 2.20. The van der Waals surface area contributed by atoms with Gasteiger partial charge in [-0.1, -0.05) is 24.3 Å². The maximum Gasteiger partial charge on any atom is 0.265 e. The summed E-state index contributed by atoms with van der Waals surface area (Å²) in [5.41, 5.74) is 5.44. The number of rotatable bonds is 2. The Kier molecular flexibility index (Phi) is 2.74. The van der Waals surface area contributed by atoms with Gasteiger partial charge in [0, 0.05) is 11.1 Å². The number of imidazole rings is 1. The van der Waals surface area contributed by atoms with Crippen molar-refractivity contribution in [3.05, 3.63) is 54.1 Å². The summed E-state index contributed by atoms with van der Waals surface area (Å²) < 4.78 is 0. The number of carbonyl (C=O) groups excluding carboxylic acids is 1. The van der Waals surface area contributed by atoms with Gasteiger partial charge in [-0.2, -0.15) is 0 Å². The van der Waals surface area contributed by atoms with Crippen molar-refractivity contribution in [2.45, 2.75) is 0 Å². The average molecular weight is 252 g/mol. The maximum absolute atomic E-state index is 11.3. The molecule has 3 aromatic rings. The SMILES string of the molecule is NNC(=O)c1ccc(-c2nc3ccccc3[nH]2)cc1. The average Bonchev–Trinajstić information content (AvgIpc) is 2.90. The second-order valence-corrected chi connectivity index (χ2v) is 4.15. The first-order valence-electron chi connectivity index (χ1n) is 5.84. The molecular formula is C14H12N4O. The number of nitrogens with two attached hydrogens (primary N) is 1. The van der Waals surface area contributed by atoms with Gasteiger partial charge < -0.3 is 4.98 Å². The Morgan fingerprint density at radius 2 is 1.84 bits per heavy atom. The van der Waals surface area contributed by atoms with E-state index in [1.165, 1.54) is 0 Å². The number of para-hydroxylation sites is 2. The van der Waals surface area contributed by atoms with Gasteiger partial charge in [0.15, 0.2) is 0 Å². The van der Waals surface area contributed by atoms with E-state index < -0.39 is 0 Å². The van der Waals surface area contributed by atoms with Crippen molar-refractivity contribution >= 4 is 16.9 Å². The van der Waals surface area contributed by atoms with Crippen LogP contribution in [-0.4, -0.2) is 15.9 Å². The van der Waals surface area contributed by atoms with Crippen molar-refractivity contribution in [3.8, 4) is 11.4 Å². The minimum absolute atomic E-state index is 0.309. The number of aromatic nitrogens is 2. The van der Waals surface area contributed by atoms with Crippen LogP contribution in [0.3, 0.4) is 0 Å². The van der Waals surface area contributed by atoms with Gasteiger partial charge >= 0.3 is 0 Å². The highest BCUT2D eigenvalue weighted by Gasteiger charge is 2.07. The maximum atomic E-state index is 11.3. The number of carbonyl (C=O) groups is 1. The van der Waals surface area contributed by atoms with E-state index in [1.54, 1.807) is 12.1 Å². The second-order valence-electron chi connectivity index (χ2n) is 4.15. The molecule has 94 valence electrons. The number of benzene rings is 2. The number of nitrogens with one attached hydrogen (secondary N) is 2. The van der Waals surface area contributed by atoms with E-state index in [2.05, 4.69) is 15.4 Å². The third-order valence-electron chi connectivity index (χ3n) is 2.94. The zero-order valence-corrected chi connectivity index (χ0v) is 10.1. The van der Waals surface area contributed by atoms with Gasteiger partial charge in [0.1, 0.15) is 5.82 Å². The first kappa shape index (κ1) is 11.4. The normalized spacial score (nSPS) is 10.6. The molecule has 19 heavy (non-hydrogen) atoms. The van der Waals surface area contributed by atoms with Gasteiger partial charge in [0.05, 0.1) is 11.0 Å². The molecule has 0 atom stereocenters. The van der Waals surface area contributed by atoms with Gasteiger partial charge in [-0.3, -0.25) is 10.2 Å². The molecule has 0 saturated heterocycles. The van der Waals surface area contributed by atoms with Crippen LogP contribution >= 0.6 is 0 Å². The molecule has 5 nitrogen and oxygen atoms in total. The summed E-state index contributed by atoms with van der Waals surface area (Å²) in [6.07, 6.45) is 0. The standard InChI is InChI=1S/C14H12N4O/c15-18-14(19)10-7-5-9(6-8-10)13-16-11-3-1-2-4-12(11)17-13/h1-8H,15H2,(H,16,17)(H,18,19). The molecule has 1 amide bonds. The van der Waals surface area contributed by atoms with Gasteiger partial charge in [0.25, 0.3) is 5.91 Å².